The van der Waals surface area contributed by atoms with Crippen LogP contribution in [0.4, 0.5) is 0 Å². The summed E-state index contributed by atoms with van der Waals surface area (Å²) >= 11 is 0. The third-order valence-corrected chi connectivity index (χ3v) is 4.76. The van der Waals surface area contributed by atoms with E-state index in [-0.39, 0.29) is 11.2 Å². The van der Waals surface area contributed by atoms with Gasteiger partial charge in [-0.1, -0.05) is 33.1 Å². The highest BCUT2D eigenvalue weighted by Crippen LogP contribution is 2.40. The van der Waals surface area contributed by atoms with Crippen LogP contribution in [0.25, 0.3) is 0 Å². The zero-order valence-corrected chi connectivity index (χ0v) is 13.0. The van der Waals surface area contributed by atoms with E-state index in [9.17, 15) is 4.79 Å². The summed E-state index contributed by atoms with van der Waals surface area (Å²) in [5, 5.41) is 0. The molecular weight excluding hydrogens is 264 g/mol. The van der Waals surface area contributed by atoms with Gasteiger partial charge in [0.15, 0.2) is 17.3 Å². The third kappa shape index (κ3) is 2.92. The fourth-order valence-corrected chi connectivity index (χ4v) is 3.30. The highest BCUT2D eigenvalue weighted by atomic mass is 16.5. The molecular formula is C18H24O3. The Bertz CT molecular complexity index is 529. The topological polar surface area (TPSA) is 35.5 Å². The van der Waals surface area contributed by atoms with E-state index in [1.54, 1.807) is 0 Å². The number of carbonyl (C=O) groups excluding carboxylic acids is 1. The van der Waals surface area contributed by atoms with Gasteiger partial charge in [-0.05, 0) is 31.0 Å². The van der Waals surface area contributed by atoms with Crippen LogP contribution in [0, 0.1) is 11.3 Å². The van der Waals surface area contributed by atoms with Gasteiger partial charge in [0.05, 0.1) is 13.2 Å². The number of benzene rings is 1. The summed E-state index contributed by atoms with van der Waals surface area (Å²) in [6, 6.07) is 5.64. The average Bonchev–Trinajstić information content (AvgIpc) is 2.69. The highest BCUT2D eigenvalue weighted by molar-refractivity contribution is 6.00. The maximum Gasteiger partial charge on any atom is 0.168 e. The molecule has 1 atom stereocenters. The smallest absolute Gasteiger partial charge is 0.168 e. The average molecular weight is 288 g/mol. The van der Waals surface area contributed by atoms with Crippen LogP contribution in [0.3, 0.4) is 0 Å². The van der Waals surface area contributed by atoms with Crippen molar-refractivity contribution < 1.29 is 14.3 Å². The number of rotatable bonds is 2. The minimum absolute atomic E-state index is 0.203. The van der Waals surface area contributed by atoms with E-state index >= 15 is 0 Å². The molecule has 0 N–H and O–H groups in total. The van der Waals surface area contributed by atoms with Gasteiger partial charge >= 0.3 is 0 Å². The van der Waals surface area contributed by atoms with E-state index in [1.165, 1.54) is 6.42 Å². The fraction of sp³-hybridized carbons (Fsp3) is 0.611. The van der Waals surface area contributed by atoms with Crippen molar-refractivity contribution in [3.63, 3.8) is 0 Å². The quantitative estimate of drug-likeness (QED) is 0.763. The van der Waals surface area contributed by atoms with Gasteiger partial charge in [0, 0.05) is 16.9 Å². The molecule has 1 fully saturated rings. The van der Waals surface area contributed by atoms with Gasteiger partial charge in [-0.3, -0.25) is 4.79 Å². The van der Waals surface area contributed by atoms with E-state index in [0.717, 1.165) is 37.0 Å². The Hall–Kier alpha value is -1.51. The predicted octanol–water partition coefficient (Wildman–Crippen LogP) is 4.25. The minimum Gasteiger partial charge on any atom is -0.489 e. The van der Waals surface area contributed by atoms with Gasteiger partial charge in [-0.15, -0.1) is 0 Å². The molecule has 1 heterocycles. The van der Waals surface area contributed by atoms with Crippen LogP contribution in [0.1, 0.15) is 56.3 Å². The second-order valence-corrected chi connectivity index (χ2v) is 6.84. The van der Waals surface area contributed by atoms with Gasteiger partial charge in [-0.25, -0.2) is 0 Å². The molecule has 0 radical (unpaired) electrons. The third-order valence-electron chi connectivity index (χ3n) is 4.76. The largest absolute Gasteiger partial charge is 0.489 e. The molecule has 1 aromatic carbocycles. The Balaban J connectivity index is 1.85. The number of hydrogen-bond acceptors (Lipinski definition) is 3. The Labute approximate surface area is 126 Å². The van der Waals surface area contributed by atoms with Crippen LogP contribution in [-0.4, -0.2) is 19.0 Å². The molecule has 21 heavy (non-hydrogen) atoms. The number of Topliss-reactive ketones (excluding diaryl/α,β-unsaturated/α-hetero) is 1. The van der Waals surface area contributed by atoms with E-state index in [4.69, 9.17) is 9.47 Å². The van der Waals surface area contributed by atoms with Crippen molar-refractivity contribution in [3.05, 3.63) is 23.8 Å². The number of carbonyl (C=O) groups is 1. The van der Waals surface area contributed by atoms with Crippen molar-refractivity contribution in [3.8, 4) is 11.5 Å². The molecule has 3 rings (SSSR count). The van der Waals surface area contributed by atoms with Crippen molar-refractivity contribution in [2.24, 2.45) is 11.3 Å². The molecule has 1 unspecified atom stereocenters. The van der Waals surface area contributed by atoms with E-state index in [2.05, 4.69) is 13.8 Å². The Kier molecular flexibility index (Phi) is 3.92. The number of ketones is 1. The van der Waals surface area contributed by atoms with Gasteiger partial charge in [0.25, 0.3) is 0 Å². The molecule has 0 aromatic heterocycles. The van der Waals surface area contributed by atoms with Crippen molar-refractivity contribution in [1.29, 1.82) is 0 Å². The lowest BCUT2D eigenvalue weighted by Crippen LogP contribution is -2.30. The predicted molar refractivity (Wildman–Crippen MR) is 82.1 cm³/mol. The summed E-state index contributed by atoms with van der Waals surface area (Å²) in [5.41, 5.74) is 0.557. The molecule has 0 saturated heterocycles. The molecule has 1 aliphatic heterocycles. The molecule has 1 aromatic rings. The van der Waals surface area contributed by atoms with Crippen LogP contribution < -0.4 is 9.47 Å². The molecule has 0 bridgehead atoms. The molecule has 1 aliphatic carbocycles. The molecule has 3 nitrogen and oxygen atoms in total. The SMILES string of the molecule is CC1COc2ccc(C(=O)C3(C)CCCCC3)cc2OC1. The minimum atomic E-state index is -0.203. The number of fused-ring (bicyclic) bond motifs is 1. The second-order valence-electron chi connectivity index (χ2n) is 6.84. The Morgan fingerprint density at radius 3 is 2.48 bits per heavy atom. The molecule has 0 amide bonds. The molecule has 114 valence electrons. The Morgan fingerprint density at radius 2 is 1.76 bits per heavy atom. The van der Waals surface area contributed by atoms with Gasteiger partial charge < -0.3 is 9.47 Å². The standard InChI is InChI=1S/C18H24O3/c1-13-11-20-15-7-6-14(10-16(15)21-12-13)17(19)18(2)8-4-3-5-9-18/h6-7,10,13H,3-5,8-9,11-12H2,1-2H3. The van der Waals surface area contributed by atoms with Crippen molar-refractivity contribution in [2.75, 3.05) is 13.2 Å². The summed E-state index contributed by atoms with van der Waals surface area (Å²) < 4.78 is 11.5. The van der Waals surface area contributed by atoms with Gasteiger partial charge in [0.2, 0.25) is 0 Å². The summed E-state index contributed by atoms with van der Waals surface area (Å²) in [4.78, 5) is 12.9. The van der Waals surface area contributed by atoms with E-state index < -0.39 is 0 Å². The van der Waals surface area contributed by atoms with Crippen LogP contribution in [0.2, 0.25) is 0 Å². The van der Waals surface area contributed by atoms with Crippen LogP contribution in [0.5, 0.6) is 11.5 Å². The Morgan fingerprint density at radius 1 is 1.10 bits per heavy atom. The highest BCUT2D eigenvalue weighted by Gasteiger charge is 2.35. The lowest BCUT2D eigenvalue weighted by Gasteiger charge is -2.32. The van der Waals surface area contributed by atoms with Gasteiger partial charge in [-0.2, -0.15) is 0 Å². The van der Waals surface area contributed by atoms with Gasteiger partial charge in [0.1, 0.15) is 0 Å². The number of ether oxygens (including phenoxy) is 2. The van der Waals surface area contributed by atoms with Crippen molar-refractivity contribution in [1.82, 2.24) is 0 Å². The first-order chi connectivity index (χ1) is 10.1. The molecule has 0 spiro atoms. The fourth-order valence-electron chi connectivity index (χ4n) is 3.30. The van der Waals surface area contributed by atoms with Crippen LogP contribution >= 0.6 is 0 Å². The molecule has 2 aliphatic rings. The maximum atomic E-state index is 12.9. The summed E-state index contributed by atoms with van der Waals surface area (Å²) in [6.45, 7) is 5.51. The lowest BCUT2D eigenvalue weighted by atomic mass is 9.71. The zero-order valence-electron chi connectivity index (χ0n) is 13.0. The lowest BCUT2D eigenvalue weighted by molar-refractivity contribution is 0.0749. The normalized spacial score (nSPS) is 24.2. The van der Waals surface area contributed by atoms with E-state index in [0.29, 0.717) is 24.9 Å². The second kappa shape index (κ2) is 5.70. The first kappa shape index (κ1) is 14.4. The zero-order chi connectivity index (χ0) is 14.9. The first-order valence-electron chi connectivity index (χ1n) is 8.03. The van der Waals surface area contributed by atoms with Crippen molar-refractivity contribution in [2.45, 2.75) is 46.0 Å². The first-order valence-corrected chi connectivity index (χ1v) is 8.03. The monoisotopic (exact) mass is 288 g/mol. The maximum absolute atomic E-state index is 12.9. The summed E-state index contributed by atoms with van der Waals surface area (Å²) in [5.74, 6) is 2.09. The van der Waals surface area contributed by atoms with Crippen LogP contribution in [-0.2, 0) is 0 Å². The van der Waals surface area contributed by atoms with E-state index in [1.807, 2.05) is 18.2 Å². The summed E-state index contributed by atoms with van der Waals surface area (Å²) in [6.07, 6.45) is 5.56. The molecule has 1 saturated carbocycles. The summed E-state index contributed by atoms with van der Waals surface area (Å²) in [7, 11) is 0. The molecule has 3 heteroatoms. The number of hydrogen-bond donors (Lipinski definition) is 0. The van der Waals surface area contributed by atoms with Crippen molar-refractivity contribution >= 4 is 5.78 Å². The van der Waals surface area contributed by atoms with Crippen LogP contribution in [0.15, 0.2) is 18.2 Å².